The zero-order valence-electron chi connectivity index (χ0n) is 13.6. The second kappa shape index (κ2) is 7.28. The molecule has 0 spiro atoms. The molecule has 0 radical (unpaired) electrons. The maximum Gasteiger partial charge on any atom is 0.264 e. The Kier molecular flexibility index (Phi) is 5.07. The van der Waals surface area contributed by atoms with Crippen molar-refractivity contribution < 1.29 is 22.7 Å². The van der Waals surface area contributed by atoms with E-state index in [1.165, 1.54) is 18.2 Å². The Balaban J connectivity index is 1.65. The van der Waals surface area contributed by atoms with Crippen LogP contribution in [0.2, 0.25) is 0 Å². The molecule has 0 saturated heterocycles. The molecule has 2 aromatic carbocycles. The number of carbonyl (C=O) groups excluding carboxylic acids is 1. The van der Waals surface area contributed by atoms with Gasteiger partial charge in [-0.15, -0.1) is 0 Å². The first-order valence-electron chi connectivity index (χ1n) is 7.35. The molecule has 0 aliphatic rings. The Labute approximate surface area is 153 Å². The van der Waals surface area contributed by atoms with Gasteiger partial charge in [0.2, 0.25) is 10.0 Å². The van der Waals surface area contributed by atoms with Crippen LogP contribution < -0.4 is 19.9 Å². The maximum atomic E-state index is 12.0. The summed E-state index contributed by atoms with van der Waals surface area (Å²) in [6.07, 6.45) is 0. The molecule has 26 heavy (non-hydrogen) atoms. The van der Waals surface area contributed by atoms with Crippen LogP contribution in [0.3, 0.4) is 0 Å². The summed E-state index contributed by atoms with van der Waals surface area (Å²) >= 11 is 1.15. The van der Waals surface area contributed by atoms with E-state index >= 15 is 0 Å². The molecule has 0 aliphatic heterocycles. The molecule has 0 bridgehead atoms. The molecule has 136 valence electrons. The van der Waals surface area contributed by atoms with E-state index < -0.39 is 10.0 Å². The van der Waals surface area contributed by atoms with Crippen molar-refractivity contribution in [1.82, 2.24) is 4.98 Å². The van der Waals surface area contributed by atoms with E-state index in [9.17, 15) is 13.2 Å². The first-order chi connectivity index (χ1) is 12.3. The molecule has 0 atom stereocenters. The Morgan fingerprint density at radius 2 is 1.88 bits per heavy atom. The number of hydrogen-bond donors (Lipinski definition) is 2. The van der Waals surface area contributed by atoms with Crippen molar-refractivity contribution in [3.63, 3.8) is 0 Å². The minimum absolute atomic E-state index is 0.00522. The molecule has 0 aliphatic carbocycles. The maximum absolute atomic E-state index is 12.0. The van der Waals surface area contributed by atoms with Crippen molar-refractivity contribution in [3.8, 4) is 11.5 Å². The van der Waals surface area contributed by atoms with E-state index in [-0.39, 0.29) is 17.4 Å². The summed E-state index contributed by atoms with van der Waals surface area (Å²) in [7, 11) is -2.23. The van der Waals surface area contributed by atoms with E-state index in [1.807, 2.05) is 0 Å². The molecule has 1 aromatic heterocycles. The number of sulfonamides is 1. The van der Waals surface area contributed by atoms with Gasteiger partial charge < -0.3 is 9.47 Å². The third-order valence-corrected chi connectivity index (χ3v) is 5.21. The highest BCUT2D eigenvalue weighted by Gasteiger charge is 2.13. The second-order valence-electron chi connectivity index (χ2n) is 5.21. The molecule has 3 rings (SSSR count). The van der Waals surface area contributed by atoms with Gasteiger partial charge in [0.15, 0.2) is 11.7 Å². The Morgan fingerprint density at radius 1 is 1.19 bits per heavy atom. The zero-order valence-corrected chi connectivity index (χ0v) is 15.3. The number of carbonyl (C=O) groups is 1. The van der Waals surface area contributed by atoms with Gasteiger partial charge in [-0.25, -0.2) is 18.5 Å². The quantitative estimate of drug-likeness (QED) is 0.660. The number of anilines is 1. The highest BCUT2D eigenvalue weighted by Crippen LogP contribution is 2.27. The average molecular weight is 393 g/mol. The molecule has 1 amide bonds. The number of fused-ring (bicyclic) bond motifs is 1. The smallest absolute Gasteiger partial charge is 0.264 e. The van der Waals surface area contributed by atoms with E-state index in [0.717, 1.165) is 11.3 Å². The van der Waals surface area contributed by atoms with Gasteiger partial charge in [-0.2, -0.15) is 0 Å². The summed E-state index contributed by atoms with van der Waals surface area (Å²) in [5.41, 5.74) is 0.564. The zero-order chi connectivity index (χ0) is 18.7. The van der Waals surface area contributed by atoms with Gasteiger partial charge in [0.25, 0.3) is 5.91 Å². The fourth-order valence-corrected chi connectivity index (χ4v) is 3.65. The molecule has 10 heteroatoms. The van der Waals surface area contributed by atoms with Crippen LogP contribution in [0.1, 0.15) is 0 Å². The first-order valence-corrected chi connectivity index (χ1v) is 9.71. The number of ether oxygens (including phenoxy) is 2. The number of rotatable bonds is 6. The summed E-state index contributed by atoms with van der Waals surface area (Å²) in [6.45, 7) is -0.190. The lowest BCUT2D eigenvalue weighted by molar-refractivity contribution is -0.118. The molecule has 1 heterocycles. The van der Waals surface area contributed by atoms with Gasteiger partial charge in [-0.1, -0.05) is 11.3 Å². The van der Waals surface area contributed by atoms with Gasteiger partial charge in [0, 0.05) is 0 Å². The van der Waals surface area contributed by atoms with Crippen molar-refractivity contribution in [2.24, 2.45) is 5.14 Å². The highest BCUT2D eigenvalue weighted by molar-refractivity contribution is 7.89. The SMILES string of the molecule is COc1ccc(OCC(=O)Nc2nc3ccc(S(N)(=O)=O)cc3s2)cc1. The molecular formula is C16H15N3O5S2. The number of nitrogens with two attached hydrogens (primary N) is 1. The number of benzene rings is 2. The molecule has 0 saturated carbocycles. The lowest BCUT2D eigenvalue weighted by Crippen LogP contribution is -2.19. The topological polar surface area (TPSA) is 121 Å². The van der Waals surface area contributed by atoms with Gasteiger partial charge in [0.05, 0.1) is 22.2 Å². The number of aromatic nitrogens is 1. The molecule has 3 aromatic rings. The molecule has 0 unspecified atom stereocenters. The van der Waals surface area contributed by atoms with Crippen LogP contribution in [-0.4, -0.2) is 33.0 Å². The summed E-state index contributed by atoms with van der Waals surface area (Å²) in [5, 5.41) is 8.07. The van der Waals surface area contributed by atoms with E-state index in [4.69, 9.17) is 14.6 Å². The number of primary sulfonamides is 1. The fraction of sp³-hybridized carbons (Fsp3) is 0.125. The molecular weight excluding hydrogens is 378 g/mol. The number of nitrogens with one attached hydrogen (secondary N) is 1. The number of nitrogens with zero attached hydrogens (tertiary/aromatic N) is 1. The summed E-state index contributed by atoms with van der Waals surface area (Å²) in [6, 6.07) is 11.2. The summed E-state index contributed by atoms with van der Waals surface area (Å²) < 4.78 is 33.8. The Bertz CT molecular complexity index is 1050. The van der Waals surface area contributed by atoms with Crippen molar-refractivity contribution in [3.05, 3.63) is 42.5 Å². The Morgan fingerprint density at radius 3 is 2.54 bits per heavy atom. The fourth-order valence-electron chi connectivity index (χ4n) is 2.11. The normalized spacial score (nSPS) is 11.3. The van der Waals surface area contributed by atoms with Gasteiger partial charge in [0.1, 0.15) is 11.5 Å². The Hall–Kier alpha value is -2.69. The number of hydrogen-bond acceptors (Lipinski definition) is 7. The van der Waals surface area contributed by atoms with Crippen LogP contribution in [0.15, 0.2) is 47.4 Å². The van der Waals surface area contributed by atoms with Crippen LogP contribution in [0.4, 0.5) is 5.13 Å². The van der Waals surface area contributed by atoms with Crippen LogP contribution in [-0.2, 0) is 14.8 Å². The summed E-state index contributed by atoms with van der Waals surface area (Å²) in [4.78, 5) is 16.2. The second-order valence-corrected chi connectivity index (χ2v) is 7.80. The lowest BCUT2D eigenvalue weighted by Gasteiger charge is -2.06. The number of amides is 1. The van der Waals surface area contributed by atoms with E-state index in [2.05, 4.69) is 10.3 Å². The molecule has 3 N–H and O–H groups in total. The van der Waals surface area contributed by atoms with Crippen molar-refractivity contribution in [2.45, 2.75) is 4.90 Å². The lowest BCUT2D eigenvalue weighted by atomic mass is 10.3. The minimum Gasteiger partial charge on any atom is -0.497 e. The third kappa shape index (κ3) is 4.28. The minimum atomic E-state index is -3.79. The van der Waals surface area contributed by atoms with Gasteiger partial charge in [-0.3, -0.25) is 10.1 Å². The standard InChI is InChI=1S/C16H15N3O5S2/c1-23-10-2-4-11(5-3-10)24-9-15(20)19-16-18-13-7-6-12(26(17,21)22)8-14(13)25-16/h2-8H,9H2,1H3,(H2,17,21,22)(H,18,19,20). The molecule has 0 fully saturated rings. The highest BCUT2D eigenvalue weighted by atomic mass is 32.2. The van der Waals surface area contributed by atoms with Crippen molar-refractivity contribution in [2.75, 3.05) is 19.0 Å². The number of thiazole rings is 1. The van der Waals surface area contributed by atoms with Crippen LogP contribution in [0, 0.1) is 0 Å². The number of methoxy groups -OCH3 is 1. The van der Waals surface area contributed by atoms with Crippen molar-refractivity contribution >= 4 is 42.6 Å². The third-order valence-electron chi connectivity index (χ3n) is 3.36. The van der Waals surface area contributed by atoms with E-state index in [1.54, 1.807) is 31.4 Å². The van der Waals surface area contributed by atoms with Crippen LogP contribution in [0.5, 0.6) is 11.5 Å². The predicted molar refractivity (Wildman–Crippen MR) is 98.1 cm³/mol. The summed E-state index contributed by atoms with van der Waals surface area (Å²) in [5.74, 6) is 0.838. The average Bonchev–Trinajstić information content (AvgIpc) is 3.01. The largest absolute Gasteiger partial charge is 0.497 e. The van der Waals surface area contributed by atoms with E-state index in [0.29, 0.717) is 26.8 Å². The van der Waals surface area contributed by atoms with Gasteiger partial charge >= 0.3 is 0 Å². The molecule has 8 nitrogen and oxygen atoms in total. The van der Waals surface area contributed by atoms with Crippen LogP contribution >= 0.6 is 11.3 Å². The monoisotopic (exact) mass is 393 g/mol. The van der Waals surface area contributed by atoms with Crippen molar-refractivity contribution in [1.29, 1.82) is 0 Å². The first kappa shape index (κ1) is 18.1. The predicted octanol–water partition coefficient (Wildman–Crippen LogP) is 1.97. The van der Waals surface area contributed by atoms with Gasteiger partial charge in [-0.05, 0) is 42.5 Å². The van der Waals surface area contributed by atoms with Crippen LogP contribution in [0.25, 0.3) is 10.2 Å².